The van der Waals surface area contributed by atoms with Crippen LogP contribution in [0.15, 0.2) is 285 Å². The van der Waals surface area contributed by atoms with Gasteiger partial charge in [0.25, 0.3) is 0 Å². The molecule has 0 atom stereocenters. The number of aromatic nitrogens is 2. The summed E-state index contributed by atoms with van der Waals surface area (Å²) >= 11 is 0. The lowest BCUT2D eigenvalue weighted by atomic mass is 9.67. The molecule has 0 N–H and O–H groups in total. The number of hydrogen-bond donors (Lipinski definition) is 0. The molecule has 11 aromatic carbocycles. The summed E-state index contributed by atoms with van der Waals surface area (Å²) in [6.45, 7) is 2.14. The Labute approximate surface area is 433 Å². The Morgan fingerprint density at radius 1 is 0.243 bits per heavy atom. The Balaban J connectivity index is 0.968. The van der Waals surface area contributed by atoms with Crippen LogP contribution in [0.1, 0.15) is 27.8 Å². The van der Waals surface area contributed by atoms with Crippen molar-refractivity contribution in [3.05, 3.63) is 313 Å². The smallest absolute Gasteiger partial charge is 0.160 e. The van der Waals surface area contributed by atoms with Crippen molar-refractivity contribution in [3.8, 4) is 101 Å². The molecule has 2 heteroatoms. The van der Waals surface area contributed by atoms with Gasteiger partial charge in [-0.3, -0.25) is 0 Å². The summed E-state index contributed by atoms with van der Waals surface area (Å²) in [5.41, 5.74) is 24.6. The molecule has 348 valence electrons. The summed E-state index contributed by atoms with van der Waals surface area (Å²) < 4.78 is 0. The van der Waals surface area contributed by atoms with Gasteiger partial charge >= 0.3 is 0 Å². The first-order chi connectivity index (χ1) is 36.6. The Morgan fingerprint density at radius 3 is 1.18 bits per heavy atom. The number of fused-ring (bicyclic) bond motifs is 3. The van der Waals surface area contributed by atoms with Gasteiger partial charge in [-0.1, -0.05) is 261 Å². The third-order valence-electron chi connectivity index (χ3n) is 15.0. The fourth-order valence-electron chi connectivity index (χ4n) is 11.4. The van der Waals surface area contributed by atoms with E-state index in [4.69, 9.17) is 9.97 Å². The largest absolute Gasteiger partial charge is 0.228 e. The van der Waals surface area contributed by atoms with Gasteiger partial charge in [-0.15, -0.1) is 0 Å². The molecular weight excluding hydrogens is 893 g/mol. The maximum atomic E-state index is 5.37. The predicted octanol–water partition coefficient (Wildman–Crippen LogP) is 18.5. The van der Waals surface area contributed by atoms with Gasteiger partial charge in [-0.05, 0) is 120 Å². The highest BCUT2D eigenvalue weighted by molar-refractivity contribution is 5.96. The van der Waals surface area contributed by atoms with Crippen molar-refractivity contribution in [2.75, 3.05) is 0 Å². The van der Waals surface area contributed by atoms with Crippen LogP contribution >= 0.6 is 0 Å². The zero-order chi connectivity index (χ0) is 49.4. The van der Waals surface area contributed by atoms with Crippen LogP contribution in [0.5, 0.6) is 0 Å². The molecule has 0 radical (unpaired) electrons. The average Bonchev–Trinajstić information content (AvgIpc) is 3.78. The van der Waals surface area contributed by atoms with E-state index in [0.29, 0.717) is 5.82 Å². The van der Waals surface area contributed by atoms with Crippen molar-refractivity contribution in [3.63, 3.8) is 0 Å². The molecule has 13 rings (SSSR count). The van der Waals surface area contributed by atoms with Crippen LogP contribution in [0.3, 0.4) is 0 Å². The summed E-state index contributed by atoms with van der Waals surface area (Å²) in [6, 6.07) is 103. The third kappa shape index (κ3) is 7.85. The normalized spacial score (nSPS) is 12.2. The van der Waals surface area contributed by atoms with E-state index in [-0.39, 0.29) is 0 Å². The molecule has 0 saturated heterocycles. The quantitative estimate of drug-likeness (QED) is 0.137. The van der Waals surface area contributed by atoms with Crippen molar-refractivity contribution in [2.45, 2.75) is 12.3 Å². The first kappa shape index (κ1) is 44.4. The minimum atomic E-state index is -0.541. The Hall–Kier alpha value is -9.50. The number of nitrogens with zero attached hydrogens (tertiary/aromatic N) is 2. The van der Waals surface area contributed by atoms with Crippen molar-refractivity contribution >= 4 is 0 Å². The van der Waals surface area contributed by atoms with Gasteiger partial charge in [0.05, 0.1) is 16.8 Å². The van der Waals surface area contributed by atoms with E-state index < -0.39 is 5.41 Å². The van der Waals surface area contributed by atoms with Gasteiger partial charge in [0.2, 0.25) is 0 Å². The second-order valence-corrected chi connectivity index (χ2v) is 19.3. The van der Waals surface area contributed by atoms with E-state index in [0.717, 1.165) is 50.3 Å². The van der Waals surface area contributed by atoms with E-state index in [1.807, 2.05) is 0 Å². The maximum Gasteiger partial charge on any atom is 0.160 e. The summed E-state index contributed by atoms with van der Waals surface area (Å²) in [5, 5.41) is 0. The molecule has 74 heavy (non-hydrogen) atoms. The van der Waals surface area contributed by atoms with Gasteiger partial charge in [0.15, 0.2) is 5.82 Å². The zero-order valence-electron chi connectivity index (χ0n) is 41.0. The SMILES string of the molecule is Cc1c(-c2ccccc2)nc(-c2cccc(-c3cccc(-c4cc5c(cc4-c4ccc(-c6ccccc6)cc4)-c4ccccc4C5(c4ccccc4)c4ccccc4)c3)c2)nc1-c1ccc(-c2ccccc2)cc1. The molecule has 1 aliphatic rings. The first-order valence-electron chi connectivity index (χ1n) is 25.5. The number of benzene rings is 11. The van der Waals surface area contributed by atoms with Gasteiger partial charge in [0, 0.05) is 22.3 Å². The molecule has 0 fully saturated rings. The van der Waals surface area contributed by atoms with E-state index >= 15 is 0 Å². The van der Waals surface area contributed by atoms with E-state index in [1.54, 1.807) is 0 Å². The van der Waals surface area contributed by atoms with E-state index in [1.165, 1.54) is 72.3 Å². The lowest BCUT2D eigenvalue weighted by molar-refractivity contribution is 0.769. The lowest BCUT2D eigenvalue weighted by Gasteiger charge is -2.34. The highest BCUT2D eigenvalue weighted by Crippen LogP contribution is 2.58. The van der Waals surface area contributed by atoms with Gasteiger partial charge < -0.3 is 0 Å². The van der Waals surface area contributed by atoms with Crippen molar-refractivity contribution in [1.82, 2.24) is 9.97 Å². The van der Waals surface area contributed by atoms with Gasteiger partial charge in [0.1, 0.15) is 0 Å². The summed E-state index contributed by atoms with van der Waals surface area (Å²) in [5.74, 6) is 0.687. The molecule has 1 aliphatic carbocycles. The second kappa shape index (κ2) is 18.9. The standard InChI is InChI=1S/C72H50N2/c1-49-69(55-25-11-4-12-26-55)73-71(74-70(49)56-43-39-53(40-44-56)51-23-9-3-10-24-51)60-30-20-28-58(46-60)57-27-19-29-59(45-57)65-48-68-66(47-64(65)54-41-37-52(38-42-54)50-21-7-2-8-22-50)63-35-17-18-36-67(63)72(68,61-31-13-5-14-32-61)62-33-15-6-16-34-62/h2-48H,1H3. The topological polar surface area (TPSA) is 25.8 Å². The number of rotatable bonds is 10. The fourth-order valence-corrected chi connectivity index (χ4v) is 11.4. The Bertz CT molecular complexity index is 3920. The molecule has 0 aliphatic heterocycles. The highest BCUT2D eigenvalue weighted by Gasteiger charge is 2.46. The minimum Gasteiger partial charge on any atom is -0.228 e. The van der Waals surface area contributed by atoms with Crippen LogP contribution in [0.2, 0.25) is 0 Å². The molecule has 0 amide bonds. The van der Waals surface area contributed by atoms with Crippen molar-refractivity contribution in [2.24, 2.45) is 0 Å². The molecule has 2 nitrogen and oxygen atoms in total. The predicted molar refractivity (Wildman–Crippen MR) is 308 cm³/mol. The Morgan fingerprint density at radius 2 is 0.622 bits per heavy atom. The zero-order valence-corrected chi connectivity index (χ0v) is 41.0. The molecule has 0 saturated carbocycles. The molecule has 0 spiro atoms. The minimum absolute atomic E-state index is 0.541. The molecular formula is C72H50N2. The molecule has 12 aromatic rings. The van der Waals surface area contributed by atoms with Crippen LogP contribution in [0.25, 0.3) is 101 Å². The van der Waals surface area contributed by atoms with Crippen LogP contribution in [-0.4, -0.2) is 9.97 Å². The van der Waals surface area contributed by atoms with Gasteiger partial charge in [-0.2, -0.15) is 0 Å². The molecule has 1 heterocycles. The third-order valence-corrected chi connectivity index (χ3v) is 15.0. The summed E-state index contributed by atoms with van der Waals surface area (Å²) in [7, 11) is 0. The van der Waals surface area contributed by atoms with Crippen LogP contribution < -0.4 is 0 Å². The fraction of sp³-hybridized carbons (Fsp3) is 0.0278. The van der Waals surface area contributed by atoms with Gasteiger partial charge in [-0.25, -0.2) is 9.97 Å². The van der Waals surface area contributed by atoms with Crippen molar-refractivity contribution < 1.29 is 0 Å². The van der Waals surface area contributed by atoms with Crippen LogP contribution in [0.4, 0.5) is 0 Å². The monoisotopic (exact) mass is 942 g/mol. The second-order valence-electron chi connectivity index (χ2n) is 19.3. The molecule has 1 aromatic heterocycles. The van der Waals surface area contributed by atoms with Crippen LogP contribution in [0, 0.1) is 6.92 Å². The first-order valence-corrected chi connectivity index (χ1v) is 25.5. The van der Waals surface area contributed by atoms with Crippen molar-refractivity contribution in [1.29, 1.82) is 0 Å². The van der Waals surface area contributed by atoms with E-state index in [2.05, 4.69) is 292 Å². The number of hydrogen-bond acceptors (Lipinski definition) is 2. The van der Waals surface area contributed by atoms with E-state index in [9.17, 15) is 0 Å². The summed E-state index contributed by atoms with van der Waals surface area (Å²) in [6.07, 6.45) is 0. The van der Waals surface area contributed by atoms with Crippen LogP contribution in [-0.2, 0) is 5.41 Å². The molecule has 0 unspecified atom stereocenters. The summed E-state index contributed by atoms with van der Waals surface area (Å²) in [4.78, 5) is 10.7. The lowest BCUT2D eigenvalue weighted by Crippen LogP contribution is -2.28. The highest BCUT2D eigenvalue weighted by atomic mass is 14.9. The Kier molecular flexibility index (Phi) is 11.4. The molecule has 0 bridgehead atoms. The average molecular weight is 943 g/mol. The maximum absolute atomic E-state index is 5.37.